The van der Waals surface area contributed by atoms with Gasteiger partial charge in [-0.15, -0.1) is 0 Å². The summed E-state index contributed by atoms with van der Waals surface area (Å²) in [5, 5.41) is 0. The van der Waals surface area contributed by atoms with Crippen molar-refractivity contribution in [2.24, 2.45) is 0 Å². The second-order valence-electron chi connectivity index (χ2n) is 6.36. The Kier molecular flexibility index (Phi) is 5.39. The van der Waals surface area contributed by atoms with Gasteiger partial charge in [0.25, 0.3) is 0 Å². The van der Waals surface area contributed by atoms with Gasteiger partial charge in [-0.05, 0) is 23.8 Å². The molecule has 2 aromatic carbocycles. The Morgan fingerprint density at radius 3 is 2.24 bits per heavy atom. The number of nitrogens with zero attached hydrogens (tertiary/aromatic N) is 3. The quantitative estimate of drug-likeness (QED) is 0.428. The fourth-order valence-corrected chi connectivity index (χ4v) is 2.89. The van der Waals surface area contributed by atoms with Gasteiger partial charge in [0.1, 0.15) is 5.82 Å². The van der Waals surface area contributed by atoms with Crippen molar-refractivity contribution in [1.82, 2.24) is 14.5 Å². The normalized spacial score (nSPS) is 11.0. The van der Waals surface area contributed by atoms with E-state index in [0.29, 0.717) is 12.0 Å². The number of aromatic nitrogens is 3. The molecule has 0 fully saturated rings. The van der Waals surface area contributed by atoms with E-state index in [2.05, 4.69) is 9.97 Å². The number of benzene rings is 2. The highest BCUT2D eigenvalue weighted by atomic mass is 19.2. The first-order valence-electron chi connectivity index (χ1n) is 8.87. The van der Waals surface area contributed by atoms with Crippen LogP contribution in [0.15, 0.2) is 73.2 Å². The van der Waals surface area contributed by atoms with E-state index in [1.165, 1.54) is 0 Å². The first-order valence-corrected chi connectivity index (χ1v) is 8.87. The monoisotopic (exact) mass is 395 g/mol. The predicted octanol–water partition coefficient (Wildman–Crippen LogP) is 5.07. The van der Waals surface area contributed by atoms with Gasteiger partial charge in [0, 0.05) is 35.8 Å². The number of ether oxygens (including phenoxy) is 1. The van der Waals surface area contributed by atoms with Crippen molar-refractivity contribution in [3.63, 3.8) is 0 Å². The molecule has 0 N–H and O–H groups in total. The highest BCUT2D eigenvalue weighted by Crippen LogP contribution is 2.19. The molecule has 7 heteroatoms. The molecule has 0 saturated heterocycles. The Morgan fingerprint density at radius 1 is 0.759 bits per heavy atom. The number of hydrogen-bond acceptors (Lipinski definition) is 3. The van der Waals surface area contributed by atoms with Crippen LogP contribution in [0.2, 0.25) is 0 Å². The molecule has 0 atom stereocenters. The zero-order valence-corrected chi connectivity index (χ0v) is 15.2. The molecular weight excluding hydrogens is 379 g/mol. The molecule has 0 radical (unpaired) electrons. The van der Waals surface area contributed by atoms with E-state index in [9.17, 15) is 13.2 Å². The van der Waals surface area contributed by atoms with Crippen molar-refractivity contribution >= 4 is 0 Å². The minimum atomic E-state index is -1.23. The summed E-state index contributed by atoms with van der Waals surface area (Å²) in [7, 11) is 0. The van der Waals surface area contributed by atoms with Crippen molar-refractivity contribution in [3.8, 4) is 17.1 Å². The van der Waals surface area contributed by atoms with E-state index in [0.717, 1.165) is 22.9 Å². The molecule has 0 saturated carbocycles. The van der Waals surface area contributed by atoms with Crippen LogP contribution in [-0.4, -0.2) is 14.5 Å². The van der Waals surface area contributed by atoms with Crippen LogP contribution >= 0.6 is 0 Å². The molecule has 0 unspecified atom stereocenters. The molecule has 4 rings (SSSR count). The lowest BCUT2D eigenvalue weighted by Crippen LogP contribution is -2.06. The van der Waals surface area contributed by atoms with Crippen LogP contribution in [0.1, 0.15) is 11.3 Å². The summed E-state index contributed by atoms with van der Waals surface area (Å²) >= 11 is 0. The zero-order chi connectivity index (χ0) is 20.2. The van der Waals surface area contributed by atoms with Crippen molar-refractivity contribution in [2.45, 2.75) is 13.2 Å². The molecular formula is C22H16F3N3O. The standard InChI is InChI=1S/C22H16F3N3O/c23-19-10-21(25)20(24)9-16(19)13-29-14-18-7-4-8-28(18)22-26-11-17(12-27-22)15-5-2-1-3-6-15/h1-12H,13-14H2. The molecule has 4 aromatic rings. The summed E-state index contributed by atoms with van der Waals surface area (Å²) < 4.78 is 47.2. The lowest BCUT2D eigenvalue weighted by atomic mass is 10.1. The topological polar surface area (TPSA) is 39.9 Å². The summed E-state index contributed by atoms with van der Waals surface area (Å²) in [5.74, 6) is -2.72. The molecule has 2 heterocycles. The maximum absolute atomic E-state index is 13.7. The third kappa shape index (κ3) is 4.20. The lowest BCUT2D eigenvalue weighted by Gasteiger charge is -2.10. The summed E-state index contributed by atoms with van der Waals surface area (Å²) in [6, 6.07) is 14.7. The fourth-order valence-electron chi connectivity index (χ4n) is 2.89. The molecule has 146 valence electrons. The molecule has 0 aliphatic rings. The summed E-state index contributed by atoms with van der Waals surface area (Å²) in [5.41, 5.74) is 2.60. The maximum Gasteiger partial charge on any atom is 0.233 e. The molecule has 0 amide bonds. The predicted molar refractivity (Wildman–Crippen MR) is 102 cm³/mol. The highest BCUT2D eigenvalue weighted by molar-refractivity contribution is 5.61. The minimum absolute atomic E-state index is 0.0505. The maximum atomic E-state index is 13.7. The number of halogens is 3. The summed E-state index contributed by atoms with van der Waals surface area (Å²) in [6.07, 6.45) is 5.26. The first kappa shape index (κ1) is 18.9. The second kappa shape index (κ2) is 8.28. The number of rotatable bonds is 6. The third-order valence-corrected chi connectivity index (χ3v) is 4.39. The largest absolute Gasteiger partial charge is 0.370 e. The van der Waals surface area contributed by atoms with E-state index in [1.54, 1.807) is 23.2 Å². The van der Waals surface area contributed by atoms with Crippen molar-refractivity contribution in [3.05, 3.63) is 102 Å². The van der Waals surface area contributed by atoms with Crippen LogP contribution in [0.5, 0.6) is 0 Å². The van der Waals surface area contributed by atoms with Gasteiger partial charge in [0.15, 0.2) is 11.6 Å². The van der Waals surface area contributed by atoms with Gasteiger partial charge >= 0.3 is 0 Å². The molecule has 29 heavy (non-hydrogen) atoms. The Balaban J connectivity index is 1.46. The van der Waals surface area contributed by atoms with Crippen LogP contribution in [0.25, 0.3) is 17.1 Å². The van der Waals surface area contributed by atoms with Crippen LogP contribution in [-0.2, 0) is 18.0 Å². The highest BCUT2D eigenvalue weighted by Gasteiger charge is 2.11. The Morgan fingerprint density at radius 2 is 1.48 bits per heavy atom. The van der Waals surface area contributed by atoms with E-state index in [4.69, 9.17) is 4.74 Å². The van der Waals surface area contributed by atoms with Gasteiger partial charge in [-0.2, -0.15) is 0 Å². The van der Waals surface area contributed by atoms with Crippen LogP contribution < -0.4 is 0 Å². The molecule has 0 aliphatic carbocycles. The summed E-state index contributed by atoms with van der Waals surface area (Å²) in [6.45, 7) is -0.0722. The van der Waals surface area contributed by atoms with Crippen LogP contribution in [0, 0.1) is 17.5 Å². The van der Waals surface area contributed by atoms with Crippen LogP contribution in [0.4, 0.5) is 13.2 Å². The first-order chi connectivity index (χ1) is 14.1. The van der Waals surface area contributed by atoms with Crippen molar-refractivity contribution in [1.29, 1.82) is 0 Å². The van der Waals surface area contributed by atoms with Crippen molar-refractivity contribution in [2.75, 3.05) is 0 Å². The smallest absolute Gasteiger partial charge is 0.233 e. The SMILES string of the molecule is Fc1cc(F)c(COCc2cccn2-c2ncc(-c3ccccc3)cn2)cc1F. The van der Waals surface area contributed by atoms with E-state index < -0.39 is 17.5 Å². The molecule has 0 spiro atoms. The average Bonchev–Trinajstić information content (AvgIpc) is 3.21. The zero-order valence-electron chi connectivity index (χ0n) is 15.2. The van der Waals surface area contributed by atoms with Crippen LogP contribution in [0.3, 0.4) is 0 Å². The molecule has 4 nitrogen and oxygen atoms in total. The third-order valence-electron chi connectivity index (χ3n) is 4.39. The second-order valence-corrected chi connectivity index (χ2v) is 6.36. The average molecular weight is 395 g/mol. The molecule has 0 aliphatic heterocycles. The van der Waals surface area contributed by atoms with E-state index in [1.807, 2.05) is 42.5 Å². The van der Waals surface area contributed by atoms with E-state index in [-0.39, 0.29) is 18.8 Å². The fraction of sp³-hybridized carbons (Fsp3) is 0.0909. The Labute approximate surface area is 165 Å². The lowest BCUT2D eigenvalue weighted by molar-refractivity contribution is 0.101. The van der Waals surface area contributed by atoms with Crippen molar-refractivity contribution < 1.29 is 17.9 Å². The van der Waals surface area contributed by atoms with Gasteiger partial charge in [-0.25, -0.2) is 23.1 Å². The molecule has 0 bridgehead atoms. The minimum Gasteiger partial charge on any atom is -0.370 e. The number of hydrogen-bond donors (Lipinski definition) is 0. The Bertz CT molecular complexity index is 1110. The van der Waals surface area contributed by atoms with Gasteiger partial charge in [-0.1, -0.05) is 30.3 Å². The van der Waals surface area contributed by atoms with E-state index >= 15 is 0 Å². The van der Waals surface area contributed by atoms with Gasteiger partial charge in [0.05, 0.1) is 18.9 Å². The summed E-state index contributed by atoms with van der Waals surface area (Å²) in [4.78, 5) is 8.81. The van der Waals surface area contributed by atoms with Gasteiger partial charge in [0.2, 0.25) is 5.95 Å². The Hall–Kier alpha value is -3.45. The molecule has 2 aromatic heterocycles. The van der Waals surface area contributed by atoms with Gasteiger partial charge in [-0.3, -0.25) is 4.57 Å². The van der Waals surface area contributed by atoms with Gasteiger partial charge < -0.3 is 4.74 Å².